The Kier molecular flexibility index (Phi) is 2.73. The zero-order valence-corrected chi connectivity index (χ0v) is 6.98. The molecule has 1 rings (SSSR count). The van der Waals surface area contributed by atoms with Gasteiger partial charge in [-0.3, -0.25) is 0 Å². The van der Waals surface area contributed by atoms with Gasteiger partial charge in [-0.1, -0.05) is 30.2 Å². The Morgan fingerprint density at radius 1 is 1.30 bits per heavy atom. The van der Waals surface area contributed by atoms with Crippen molar-refractivity contribution in [1.82, 2.24) is 0 Å². The van der Waals surface area contributed by atoms with Gasteiger partial charge in [-0.05, 0) is 32.6 Å². The average Bonchev–Trinajstić information content (AvgIpc) is 2.13. The van der Waals surface area contributed by atoms with Crippen LogP contribution in [0.25, 0.3) is 0 Å². The highest BCUT2D eigenvalue weighted by atomic mass is 14.0. The van der Waals surface area contributed by atoms with E-state index in [0.29, 0.717) is 0 Å². The Bertz CT molecular complexity index is 161. The molecule has 0 atom stereocenters. The predicted octanol–water partition coefficient (Wildman–Crippen LogP) is 3.45. The number of hydrogen-bond acceptors (Lipinski definition) is 0. The maximum atomic E-state index is 2.40. The third-order valence-electron chi connectivity index (χ3n) is 2.05. The van der Waals surface area contributed by atoms with Crippen LogP contribution >= 0.6 is 0 Å². The summed E-state index contributed by atoms with van der Waals surface area (Å²) >= 11 is 0. The fourth-order valence-corrected chi connectivity index (χ4v) is 1.39. The van der Waals surface area contributed by atoms with Crippen molar-refractivity contribution in [3.63, 3.8) is 0 Å². The SMILES string of the molecule is CCC1=CCCC=C(C)C1. The Balaban J connectivity index is 2.59. The molecule has 10 heavy (non-hydrogen) atoms. The van der Waals surface area contributed by atoms with Crippen LogP contribution in [0.1, 0.15) is 39.5 Å². The van der Waals surface area contributed by atoms with Crippen molar-refractivity contribution >= 4 is 0 Å². The van der Waals surface area contributed by atoms with Crippen molar-refractivity contribution in [3.8, 4) is 0 Å². The number of allylic oxidation sites excluding steroid dienone is 4. The molecule has 0 saturated heterocycles. The molecule has 1 aliphatic rings. The molecular weight excluding hydrogens is 120 g/mol. The number of rotatable bonds is 1. The molecule has 0 spiro atoms. The van der Waals surface area contributed by atoms with E-state index in [2.05, 4.69) is 26.0 Å². The lowest BCUT2D eigenvalue weighted by Gasteiger charge is -2.00. The molecule has 0 amide bonds. The normalized spacial score (nSPS) is 19.4. The van der Waals surface area contributed by atoms with Gasteiger partial charge >= 0.3 is 0 Å². The molecule has 0 aromatic carbocycles. The highest BCUT2D eigenvalue weighted by Gasteiger charge is 1.99. The van der Waals surface area contributed by atoms with Gasteiger partial charge in [-0.25, -0.2) is 0 Å². The molecule has 1 aliphatic carbocycles. The van der Waals surface area contributed by atoms with Gasteiger partial charge < -0.3 is 0 Å². The first-order valence-electron chi connectivity index (χ1n) is 4.16. The van der Waals surface area contributed by atoms with E-state index in [4.69, 9.17) is 0 Å². The van der Waals surface area contributed by atoms with E-state index in [1.54, 1.807) is 11.1 Å². The molecule has 0 aliphatic heterocycles. The summed E-state index contributed by atoms with van der Waals surface area (Å²) in [6.45, 7) is 4.47. The fraction of sp³-hybridized carbons (Fsp3) is 0.600. The second-order valence-corrected chi connectivity index (χ2v) is 3.02. The van der Waals surface area contributed by atoms with E-state index in [0.717, 1.165) is 0 Å². The molecule has 0 heterocycles. The largest absolute Gasteiger partial charge is 0.0850 e. The fourth-order valence-electron chi connectivity index (χ4n) is 1.39. The van der Waals surface area contributed by atoms with Crippen molar-refractivity contribution in [2.24, 2.45) is 0 Å². The topological polar surface area (TPSA) is 0 Å². The Labute approximate surface area is 63.6 Å². The van der Waals surface area contributed by atoms with Gasteiger partial charge in [0.15, 0.2) is 0 Å². The lowest BCUT2D eigenvalue weighted by molar-refractivity contribution is 0.982. The van der Waals surface area contributed by atoms with Gasteiger partial charge in [-0.2, -0.15) is 0 Å². The summed E-state index contributed by atoms with van der Waals surface area (Å²) in [6.07, 6.45) is 9.70. The van der Waals surface area contributed by atoms with E-state index < -0.39 is 0 Å². The summed E-state index contributed by atoms with van der Waals surface area (Å²) in [4.78, 5) is 0. The van der Waals surface area contributed by atoms with E-state index in [9.17, 15) is 0 Å². The minimum absolute atomic E-state index is 1.22. The molecule has 0 saturated carbocycles. The minimum Gasteiger partial charge on any atom is -0.0850 e. The summed E-state index contributed by atoms with van der Waals surface area (Å²) in [7, 11) is 0. The van der Waals surface area contributed by atoms with Gasteiger partial charge in [-0.15, -0.1) is 0 Å². The Morgan fingerprint density at radius 2 is 2.00 bits per heavy atom. The van der Waals surface area contributed by atoms with Crippen LogP contribution in [0.2, 0.25) is 0 Å². The smallest absolute Gasteiger partial charge is 0.0111 e. The molecule has 0 nitrogen and oxygen atoms in total. The van der Waals surface area contributed by atoms with Crippen LogP contribution < -0.4 is 0 Å². The molecule has 0 aromatic rings. The van der Waals surface area contributed by atoms with Crippen molar-refractivity contribution in [2.45, 2.75) is 39.5 Å². The summed E-state index contributed by atoms with van der Waals surface area (Å²) in [5.74, 6) is 0. The van der Waals surface area contributed by atoms with Crippen LogP contribution in [0, 0.1) is 0 Å². The maximum Gasteiger partial charge on any atom is -0.0111 e. The van der Waals surface area contributed by atoms with E-state index in [1.165, 1.54) is 25.7 Å². The van der Waals surface area contributed by atoms with Gasteiger partial charge in [0, 0.05) is 0 Å². The van der Waals surface area contributed by atoms with Crippen molar-refractivity contribution < 1.29 is 0 Å². The van der Waals surface area contributed by atoms with Crippen molar-refractivity contribution in [3.05, 3.63) is 23.3 Å². The zero-order chi connectivity index (χ0) is 7.40. The van der Waals surface area contributed by atoms with Crippen molar-refractivity contribution in [2.75, 3.05) is 0 Å². The highest BCUT2D eigenvalue weighted by Crippen LogP contribution is 2.19. The van der Waals surface area contributed by atoms with Crippen LogP contribution in [0.3, 0.4) is 0 Å². The quantitative estimate of drug-likeness (QED) is 0.484. The third kappa shape index (κ3) is 2.02. The first-order valence-corrected chi connectivity index (χ1v) is 4.16. The van der Waals surface area contributed by atoms with Crippen molar-refractivity contribution in [1.29, 1.82) is 0 Å². The standard InChI is InChI=1S/C10H16/c1-3-10-7-5-4-6-9(2)8-10/h6-7H,3-5,8H2,1-2H3. The molecular formula is C10H16. The van der Waals surface area contributed by atoms with Crippen LogP contribution in [0.5, 0.6) is 0 Å². The average molecular weight is 136 g/mol. The lowest BCUT2D eigenvalue weighted by Crippen LogP contribution is -1.80. The van der Waals surface area contributed by atoms with E-state index in [-0.39, 0.29) is 0 Å². The van der Waals surface area contributed by atoms with Gasteiger partial charge in [0.25, 0.3) is 0 Å². The zero-order valence-electron chi connectivity index (χ0n) is 6.98. The summed E-state index contributed by atoms with van der Waals surface area (Å²) in [5.41, 5.74) is 3.16. The first kappa shape index (κ1) is 7.59. The molecule has 0 aromatic heterocycles. The monoisotopic (exact) mass is 136 g/mol. The molecule has 0 unspecified atom stereocenters. The summed E-state index contributed by atoms with van der Waals surface area (Å²) in [5, 5.41) is 0. The Hall–Kier alpha value is -0.520. The van der Waals surface area contributed by atoms with E-state index in [1.807, 2.05) is 0 Å². The lowest BCUT2D eigenvalue weighted by atomic mass is 10.1. The molecule has 0 N–H and O–H groups in total. The second-order valence-electron chi connectivity index (χ2n) is 3.02. The first-order chi connectivity index (χ1) is 4.83. The minimum atomic E-state index is 1.22. The summed E-state index contributed by atoms with van der Waals surface area (Å²) in [6, 6.07) is 0. The summed E-state index contributed by atoms with van der Waals surface area (Å²) < 4.78 is 0. The van der Waals surface area contributed by atoms with Gasteiger partial charge in [0.1, 0.15) is 0 Å². The third-order valence-corrected chi connectivity index (χ3v) is 2.05. The van der Waals surface area contributed by atoms with Gasteiger partial charge in [0.05, 0.1) is 0 Å². The molecule has 0 heteroatoms. The van der Waals surface area contributed by atoms with Crippen LogP contribution in [0.4, 0.5) is 0 Å². The molecule has 0 bridgehead atoms. The molecule has 0 radical (unpaired) electrons. The molecule has 56 valence electrons. The second kappa shape index (κ2) is 3.60. The maximum absolute atomic E-state index is 2.40. The van der Waals surface area contributed by atoms with Crippen LogP contribution in [0.15, 0.2) is 23.3 Å². The highest BCUT2D eigenvalue weighted by molar-refractivity contribution is 5.16. The van der Waals surface area contributed by atoms with E-state index >= 15 is 0 Å². The van der Waals surface area contributed by atoms with Crippen LogP contribution in [-0.4, -0.2) is 0 Å². The van der Waals surface area contributed by atoms with Gasteiger partial charge in [0.2, 0.25) is 0 Å². The number of hydrogen-bond donors (Lipinski definition) is 0. The Morgan fingerprint density at radius 3 is 2.70 bits per heavy atom. The van der Waals surface area contributed by atoms with Crippen LogP contribution in [-0.2, 0) is 0 Å². The molecule has 0 fully saturated rings. The predicted molar refractivity (Wildman–Crippen MR) is 46.0 cm³/mol.